The maximum absolute atomic E-state index is 13.5. The van der Waals surface area contributed by atoms with Crippen molar-refractivity contribution < 1.29 is 22.5 Å². The smallest absolute Gasteiger partial charge is 0.269 e. The fourth-order valence-corrected chi connectivity index (χ4v) is 4.58. The number of methoxy groups -OCH3 is 1. The summed E-state index contributed by atoms with van der Waals surface area (Å²) in [5.41, 5.74) is 7.92. The number of nitrogens with two attached hydrogens (primary N) is 1. The first-order valence-electron chi connectivity index (χ1n) is 10.1. The fraction of sp³-hybridized carbons (Fsp3) is 0.167. The third-order valence-electron chi connectivity index (χ3n) is 5.64. The van der Waals surface area contributed by atoms with E-state index in [1.807, 2.05) is 48.5 Å². The van der Waals surface area contributed by atoms with Crippen molar-refractivity contribution >= 4 is 22.0 Å². The molecule has 1 aliphatic rings. The maximum Gasteiger partial charge on any atom is 0.269 e. The zero-order valence-electron chi connectivity index (χ0n) is 18.1. The van der Waals surface area contributed by atoms with E-state index in [-0.39, 0.29) is 11.9 Å². The zero-order chi connectivity index (χ0) is 23.8. The summed E-state index contributed by atoms with van der Waals surface area (Å²) in [4.78, 5) is 19.3. The van der Waals surface area contributed by atoms with E-state index < -0.39 is 21.4 Å². The molecule has 0 radical (unpaired) electrons. The normalized spacial score (nSPS) is 18.3. The number of aliphatic imine (C=N–C) groups is 1. The van der Waals surface area contributed by atoms with E-state index in [1.165, 1.54) is 4.90 Å². The Kier molecular flexibility index (Phi) is 5.69. The van der Waals surface area contributed by atoms with Crippen molar-refractivity contribution in [2.24, 2.45) is 10.7 Å². The van der Waals surface area contributed by atoms with Crippen LogP contribution in [0.15, 0.2) is 77.8 Å². The molecule has 1 heterocycles. The third-order valence-corrected chi connectivity index (χ3v) is 6.34. The lowest BCUT2D eigenvalue weighted by molar-refractivity contribution is -0.129. The van der Waals surface area contributed by atoms with Crippen molar-refractivity contribution in [3.63, 3.8) is 0 Å². The van der Waals surface area contributed by atoms with E-state index in [2.05, 4.69) is 4.99 Å². The molecule has 0 aliphatic carbocycles. The summed E-state index contributed by atoms with van der Waals surface area (Å²) in [5.74, 6) is -0.0645. The number of ether oxygens (including phenoxy) is 1. The highest BCUT2D eigenvalue weighted by Gasteiger charge is 2.49. The van der Waals surface area contributed by atoms with Crippen molar-refractivity contribution in [2.75, 3.05) is 14.2 Å². The molecule has 3 aromatic rings. The molecular formula is C24H23N3O5S. The molecule has 0 saturated heterocycles. The number of amides is 1. The summed E-state index contributed by atoms with van der Waals surface area (Å²) in [6, 6.07) is 21.4. The molecular weight excluding hydrogens is 442 g/mol. The van der Waals surface area contributed by atoms with Crippen molar-refractivity contribution in [3.8, 4) is 16.9 Å². The Hall–Kier alpha value is -3.69. The number of nitrogens with zero attached hydrogens (tertiary/aromatic N) is 2. The third kappa shape index (κ3) is 4.20. The molecule has 9 heteroatoms. The van der Waals surface area contributed by atoms with Crippen LogP contribution in [0, 0.1) is 0 Å². The summed E-state index contributed by atoms with van der Waals surface area (Å²) in [5, 5.41) is 0. The average Bonchev–Trinajstić information content (AvgIpc) is 3.03. The van der Waals surface area contributed by atoms with Gasteiger partial charge in [-0.15, -0.1) is 0 Å². The zero-order valence-corrected chi connectivity index (χ0v) is 18.9. The van der Waals surface area contributed by atoms with Crippen LogP contribution in [-0.2, 0) is 26.2 Å². The lowest BCUT2D eigenvalue weighted by Crippen LogP contribution is -2.41. The number of guanidine groups is 1. The molecule has 8 nitrogen and oxygen atoms in total. The monoisotopic (exact) mass is 465 g/mol. The molecule has 3 aromatic carbocycles. The van der Waals surface area contributed by atoms with E-state index in [1.54, 1.807) is 38.4 Å². The number of benzene rings is 3. The van der Waals surface area contributed by atoms with Gasteiger partial charge in [-0.1, -0.05) is 54.6 Å². The minimum absolute atomic E-state index is 0.0776. The van der Waals surface area contributed by atoms with Crippen molar-refractivity contribution in [1.29, 1.82) is 0 Å². The number of hydrogen-bond acceptors (Lipinski definition) is 6. The molecule has 0 spiro atoms. The van der Waals surface area contributed by atoms with E-state index in [0.717, 1.165) is 11.1 Å². The van der Waals surface area contributed by atoms with Gasteiger partial charge in [-0.05, 0) is 46.0 Å². The highest BCUT2D eigenvalue weighted by molar-refractivity contribution is 7.85. The van der Waals surface area contributed by atoms with Crippen molar-refractivity contribution in [2.45, 2.75) is 11.3 Å². The first kappa shape index (κ1) is 22.5. The van der Waals surface area contributed by atoms with Gasteiger partial charge in [0.1, 0.15) is 11.5 Å². The van der Waals surface area contributed by atoms with Crippen LogP contribution < -0.4 is 10.5 Å². The van der Waals surface area contributed by atoms with E-state index in [9.17, 15) is 13.2 Å². The Morgan fingerprint density at radius 3 is 2.21 bits per heavy atom. The summed E-state index contributed by atoms with van der Waals surface area (Å²) in [6.45, 7) is 0. The van der Waals surface area contributed by atoms with Crippen LogP contribution in [0.25, 0.3) is 11.1 Å². The first-order valence-corrected chi connectivity index (χ1v) is 11.7. The van der Waals surface area contributed by atoms with E-state index in [0.29, 0.717) is 22.4 Å². The summed E-state index contributed by atoms with van der Waals surface area (Å²) in [6.07, 6.45) is 0. The van der Waals surface area contributed by atoms with Crippen LogP contribution in [0.5, 0.6) is 5.75 Å². The molecule has 0 unspecified atom stereocenters. The molecule has 0 aromatic heterocycles. The van der Waals surface area contributed by atoms with Gasteiger partial charge >= 0.3 is 0 Å². The largest absolute Gasteiger partial charge is 0.497 e. The fourth-order valence-electron chi connectivity index (χ4n) is 3.96. The van der Waals surface area contributed by atoms with Crippen LogP contribution in [0.1, 0.15) is 16.7 Å². The molecule has 0 saturated carbocycles. The first-order chi connectivity index (χ1) is 15.6. The molecule has 170 valence electrons. The highest BCUT2D eigenvalue weighted by atomic mass is 32.2. The van der Waals surface area contributed by atoms with E-state index in [4.69, 9.17) is 15.0 Å². The average molecular weight is 466 g/mol. The number of rotatable bonds is 6. The van der Waals surface area contributed by atoms with E-state index >= 15 is 0 Å². The summed E-state index contributed by atoms with van der Waals surface area (Å²) < 4.78 is 36.9. The summed E-state index contributed by atoms with van der Waals surface area (Å²) in [7, 11) is -1.02. The Labute approximate surface area is 192 Å². The van der Waals surface area contributed by atoms with Gasteiger partial charge in [0.05, 0.1) is 7.11 Å². The van der Waals surface area contributed by atoms with Gasteiger partial charge in [0.25, 0.3) is 16.0 Å². The minimum atomic E-state index is -4.18. The second kappa shape index (κ2) is 8.34. The van der Waals surface area contributed by atoms with Gasteiger partial charge in [0.15, 0.2) is 11.5 Å². The number of carbonyl (C=O) groups excluding carboxylic acids is 1. The lowest BCUT2D eigenvalue weighted by Gasteiger charge is -2.26. The second-order valence-electron chi connectivity index (χ2n) is 7.78. The SMILES string of the molecule is COc1cccc(-c2cccc([C@@]3(c4ccc(CS(=O)(=O)O)cc4)N=C(N)N(C)C3=O)c2)c1. The molecule has 1 atom stereocenters. The maximum atomic E-state index is 13.5. The number of carbonyl (C=O) groups is 1. The lowest BCUT2D eigenvalue weighted by atomic mass is 9.81. The molecule has 0 bridgehead atoms. The number of hydrogen-bond donors (Lipinski definition) is 2. The Morgan fingerprint density at radius 2 is 1.64 bits per heavy atom. The van der Waals surface area contributed by atoms with Gasteiger partial charge in [-0.3, -0.25) is 14.2 Å². The van der Waals surface area contributed by atoms with Gasteiger partial charge in [0.2, 0.25) is 0 Å². The molecule has 0 fully saturated rings. The Bertz CT molecular complexity index is 1350. The van der Waals surface area contributed by atoms with Crippen LogP contribution in [-0.4, -0.2) is 43.9 Å². The van der Waals surface area contributed by atoms with Crippen LogP contribution in [0.2, 0.25) is 0 Å². The van der Waals surface area contributed by atoms with Gasteiger partial charge in [-0.25, -0.2) is 4.99 Å². The topological polar surface area (TPSA) is 122 Å². The Balaban J connectivity index is 1.85. The van der Waals surface area contributed by atoms with Crippen LogP contribution >= 0.6 is 0 Å². The van der Waals surface area contributed by atoms with Gasteiger partial charge in [0, 0.05) is 7.05 Å². The second-order valence-corrected chi connectivity index (χ2v) is 9.23. The molecule has 33 heavy (non-hydrogen) atoms. The van der Waals surface area contributed by atoms with Gasteiger partial charge in [-0.2, -0.15) is 8.42 Å². The summed E-state index contributed by atoms with van der Waals surface area (Å²) >= 11 is 0. The molecule has 1 aliphatic heterocycles. The minimum Gasteiger partial charge on any atom is -0.497 e. The predicted molar refractivity (Wildman–Crippen MR) is 125 cm³/mol. The predicted octanol–water partition coefficient (Wildman–Crippen LogP) is 2.78. The number of likely N-dealkylation sites (N-methyl/N-ethyl adjacent to an activating group) is 1. The van der Waals surface area contributed by atoms with Crippen molar-refractivity contribution in [1.82, 2.24) is 4.90 Å². The van der Waals surface area contributed by atoms with Gasteiger partial charge < -0.3 is 10.5 Å². The molecule has 1 amide bonds. The van der Waals surface area contributed by atoms with Crippen LogP contribution in [0.4, 0.5) is 0 Å². The Morgan fingerprint density at radius 1 is 1.00 bits per heavy atom. The highest BCUT2D eigenvalue weighted by Crippen LogP contribution is 2.40. The molecule has 4 rings (SSSR count). The quantitative estimate of drug-likeness (QED) is 0.540. The standard InChI is InChI=1S/C24H23N3O5S/c1-27-22(28)24(26-23(27)25,19-11-9-16(10-12-19)15-33(29,30)31)20-7-3-5-17(13-20)18-6-4-8-21(14-18)32-2/h3-14H,15H2,1-2H3,(H2,25,26)(H,29,30,31)/t24-/m1/s1. The van der Waals surface area contributed by atoms with Crippen LogP contribution in [0.3, 0.4) is 0 Å². The van der Waals surface area contributed by atoms with Crippen molar-refractivity contribution in [3.05, 3.63) is 89.5 Å². The molecule has 3 N–H and O–H groups in total.